The van der Waals surface area contributed by atoms with Crippen LogP contribution in [0.4, 0.5) is 36.1 Å². The maximum atomic E-state index is 13.5. The van der Waals surface area contributed by atoms with Gasteiger partial charge in [0.25, 0.3) is 5.91 Å². The molecule has 3 heterocycles. The van der Waals surface area contributed by atoms with Crippen molar-refractivity contribution in [1.82, 2.24) is 4.98 Å². The summed E-state index contributed by atoms with van der Waals surface area (Å²) in [6, 6.07) is 11.6. The molecule has 8 nitrogen and oxygen atoms in total. The van der Waals surface area contributed by atoms with Crippen LogP contribution in [0.25, 0.3) is 0 Å². The van der Waals surface area contributed by atoms with Crippen LogP contribution in [0.1, 0.15) is 21.5 Å². The highest BCUT2D eigenvalue weighted by Crippen LogP contribution is 2.42. The van der Waals surface area contributed by atoms with E-state index in [4.69, 9.17) is 9.47 Å². The Morgan fingerprint density at radius 2 is 1.92 bits per heavy atom. The standard InChI is InChI=1S/C27H27F3N4O4/c1-17-5-8-24(31-14-17)34-19(15-35)16-38-25-20(3-2-4-22(25)34)26(36)32-21-7-6-18(27(28,29)30)13-23(21)33-9-11-37-12-10-33/h2-8,13-14,19,35H,9-12,15-16H2,1H3,(H,32,36)/t19-/m0/s1. The van der Waals surface area contributed by atoms with Crippen molar-refractivity contribution in [3.63, 3.8) is 0 Å². The number of carbonyl (C=O) groups is 1. The number of hydrogen-bond donors (Lipinski definition) is 2. The van der Waals surface area contributed by atoms with E-state index in [1.54, 1.807) is 29.3 Å². The van der Waals surface area contributed by atoms with Gasteiger partial charge in [-0.1, -0.05) is 12.1 Å². The second-order valence-electron chi connectivity index (χ2n) is 9.15. The second-order valence-corrected chi connectivity index (χ2v) is 9.15. The number of pyridine rings is 1. The molecular weight excluding hydrogens is 501 g/mol. The molecule has 2 N–H and O–H groups in total. The molecule has 0 radical (unpaired) electrons. The first-order valence-electron chi connectivity index (χ1n) is 12.2. The van der Waals surface area contributed by atoms with Crippen molar-refractivity contribution >= 4 is 28.8 Å². The number of amides is 1. The fraction of sp³-hybridized carbons (Fsp3) is 0.333. The van der Waals surface area contributed by atoms with Crippen LogP contribution in [0.5, 0.6) is 5.75 Å². The lowest BCUT2D eigenvalue weighted by molar-refractivity contribution is -0.137. The van der Waals surface area contributed by atoms with E-state index in [9.17, 15) is 23.1 Å². The van der Waals surface area contributed by atoms with Gasteiger partial charge in [-0.3, -0.25) is 4.79 Å². The number of nitrogens with zero attached hydrogens (tertiary/aromatic N) is 3. The number of halogens is 3. The Hall–Kier alpha value is -3.83. The Morgan fingerprint density at radius 3 is 2.61 bits per heavy atom. The van der Waals surface area contributed by atoms with Crippen LogP contribution in [0.2, 0.25) is 0 Å². The largest absolute Gasteiger partial charge is 0.488 e. The monoisotopic (exact) mass is 528 g/mol. The Labute approximate surface area is 217 Å². The topological polar surface area (TPSA) is 87.2 Å². The van der Waals surface area contributed by atoms with Crippen LogP contribution < -0.4 is 19.9 Å². The number of aliphatic hydroxyl groups is 1. The van der Waals surface area contributed by atoms with Gasteiger partial charge in [-0.25, -0.2) is 4.98 Å². The number of fused-ring (bicyclic) bond motifs is 1. The van der Waals surface area contributed by atoms with E-state index in [1.807, 2.05) is 24.0 Å². The summed E-state index contributed by atoms with van der Waals surface area (Å²) in [6.45, 7) is 3.38. The maximum absolute atomic E-state index is 13.5. The lowest BCUT2D eigenvalue weighted by Crippen LogP contribution is -2.43. The third-order valence-corrected chi connectivity index (χ3v) is 6.56. The third-order valence-electron chi connectivity index (χ3n) is 6.56. The quantitative estimate of drug-likeness (QED) is 0.508. The van der Waals surface area contributed by atoms with Crippen molar-refractivity contribution in [3.05, 3.63) is 71.4 Å². The van der Waals surface area contributed by atoms with Crippen LogP contribution in [0, 0.1) is 6.92 Å². The summed E-state index contributed by atoms with van der Waals surface area (Å²) >= 11 is 0. The van der Waals surface area contributed by atoms with Gasteiger partial charge in [0, 0.05) is 19.3 Å². The summed E-state index contributed by atoms with van der Waals surface area (Å²) in [6.07, 6.45) is -2.81. The number of alkyl halides is 3. The molecule has 38 heavy (non-hydrogen) atoms. The van der Waals surface area contributed by atoms with Gasteiger partial charge in [0.2, 0.25) is 0 Å². The molecule has 1 fully saturated rings. The number of aromatic nitrogens is 1. The molecule has 5 rings (SSSR count). The number of hydrogen-bond acceptors (Lipinski definition) is 7. The summed E-state index contributed by atoms with van der Waals surface area (Å²) in [7, 11) is 0. The van der Waals surface area contributed by atoms with E-state index in [1.165, 1.54) is 6.07 Å². The van der Waals surface area contributed by atoms with Gasteiger partial charge in [-0.15, -0.1) is 0 Å². The first-order valence-corrected chi connectivity index (χ1v) is 12.2. The molecule has 1 aromatic heterocycles. The number of benzene rings is 2. The molecule has 1 saturated heterocycles. The zero-order chi connectivity index (χ0) is 26.9. The SMILES string of the molecule is Cc1ccc(N2c3cccc(C(=O)Nc4ccc(C(F)(F)F)cc4N4CCOCC4)c3OC[C@@H]2CO)nc1. The van der Waals surface area contributed by atoms with E-state index in [0.717, 1.165) is 17.7 Å². The summed E-state index contributed by atoms with van der Waals surface area (Å²) in [5, 5.41) is 12.8. The van der Waals surface area contributed by atoms with Gasteiger partial charge >= 0.3 is 6.18 Å². The molecule has 2 aromatic carbocycles. The number of anilines is 4. The lowest BCUT2D eigenvalue weighted by atomic mass is 10.1. The predicted octanol–water partition coefficient (Wildman–Crippen LogP) is 4.39. The first kappa shape index (κ1) is 25.8. The van der Waals surface area contributed by atoms with Crippen molar-refractivity contribution in [2.45, 2.75) is 19.1 Å². The highest BCUT2D eigenvalue weighted by molar-refractivity contribution is 6.09. The number of aryl methyl sites for hydroxylation is 1. The Morgan fingerprint density at radius 1 is 1.13 bits per heavy atom. The third kappa shape index (κ3) is 5.11. The minimum atomic E-state index is -4.52. The highest BCUT2D eigenvalue weighted by atomic mass is 19.4. The zero-order valence-corrected chi connectivity index (χ0v) is 20.7. The molecule has 0 spiro atoms. The lowest BCUT2D eigenvalue weighted by Gasteiger charge is -2.37. The van der Waals surface area contributed by atoms with E-state index < -0.39 is 23.7 Å². The van der Waals surface area contributed by atoms with Gasteiger partial charge in [-0.05, 0) is 48.9 Å². The van der Waals surface area contributed by atoms with E-state index in [2.05, 4.69) is 10.3 Å². The van der Waals surface area contributed by atoms with Crippen molar-refractivity contribution in [2.75, 3.05) is 54.6 Å². The normalized spacial score (nSPS) is 17.6. The van der Waals surface area contributed by atoms with Crippen LogP contribution in [-0.4, -0.2) is 61.6 Å². The maximum Gasteiger partial charge on any atom is 0.416 e. The highest BCUT2D eigenvalue weighted by Gasteiger charge is 2.34. The summed E-state index contributed by atoms with van der Waals surface area (Å²) in [5.41, 5.74) is 1.47. The number of aliphatic hydroxyl groups excluding tert-OH is 1. The van der Waals surface area contributed by atoms with Gasteiger partial charge in [-0.2, -0.15) is 13.2 Å². The molecule has 1 atom stereocenters. The molecule has 1 amide bonds. The number of carbonyl (C=O) groups excluding carboxylic acids is 1. The van der Waals surface area contributed by atoms with Crippen LogP contribution >= 0.6 is 0 Å². The molecule has 11 heteroatoms. The predicted molar refractivity (Wildman–Crippen MR) is 136 cm³/mol. The van der Waals surface area contributed by atoms with E-state index >= 15 is 0 Å². The van der Waals surface area contributed by atoms with Crippen LogP contribution in [0.15, 0.2) is 54.7 Å². The van der Waals surface area contributed by atoms with Gasteiger partial charge in [0.1, 0.15) is 12.4 Å². The minimum absolute atomic E-state index is 0.114. The molecular formula is C27H27F3N4O4. The van der Waals surface area contributed by atoms with Gasteiger partial charge in [0.05, 0.1) is 54.1 Å². The fourth-order valence-electron chi connectivity index (χ4n) is 4.61. The van der Waals surface area contributed by atoms with Crippen molar-refractivity contribution in [1.29, 1.82) is 0 Å². The van der Waals surface area contributed by atoms with Crippen molar-refractivity contribution in [3.8, 4) is 5.75 Å². The molecule has 0 saturated carbocycles. The number of para-hydroxylation sites is 1. The zero-order valence-electron chi connectivity index (χ0n) is 20.7. The number of morpholine rings is 1. The van der Waals surface area contributed by atoms with E-state index in [0.29, 0.717) is 43.6 Å². The Balaban J connectivity index is 1.50. The first-order chi connectivity index (χ1) is 18.3. The van der Waals surface area contributed by atoms with Gasteiger partial charge < -0.3 is 29.7 Å². The van der Waals surface area contributed by atoms with Crippen molar-refractivity contribution < 1.29 is 32.5 Å². The molecule has 0 bridgehead atoms. The fourth-order valence-corrected chi connectivity index (χ4v) is 4.61. The van der Waals surface area contributed by atoms with Crippen molar-refractivity contribution in [2.24, 2.45) is 0 Å². The smallest absolute Gasteiger partial charge is 0.416 e. The molecule has 200 valence electrons. The number of ether oxygens (including phenoxy) is 2. The molecule has 0 aliphatic carbocycles. The summed E-state index contributed by atoms with van der Waals surface area (Å²) in [4.78, 5) is 21.6. The molecule has 2 aliphatic rings. The summed E-state index contributed by atoms with van der Waals surface area (Å²) in [5.74, 6) is 0.362. The Kier molecular flexibility index (Phi) is 7.13. The van der Waals surface area contributed by atoms with Gasteiger partial charge in [0.15, 0.2) is 5.75 Å². The van der Waals surface area contributed by atoms with E-state index in [-0.39, 0.29) is 30.2 Å². The van der Waals surface area contributed by atoms with Crippen LogP contribution in [0.3, 0.4) is 0 Å². The molecule has 2 aliphatic heterocycles. The molecule has 3 aromatic rings. The molecule has 0 unspecified atom stereocenters. The van der Waals surface area contributed by atoms with Crippen LogP contribution in [-0.2, 0) is 10.9 Å². The minimum Gasteiger partial charge on any atom is -0.488 e. The second kappa shape index (κ2) is 10.5. The average Bonchev–Trinajstić information content (AvgIpc) is 2.92. The Bertz CT molecular complexity index is 1310. The number of rotatable bonds is 5. The number of nitrogens with one attached hydrogen (secondary N) is 1. The average molecular weight is 529 g/mol. The summed E-state index contributed by atoms with van der Waals surface area (Å²) < 4.78 is 51.7.